The highest BCUT2D eigenvalue weighted by molar-refractivity contribution is 6.08. The van der Waals surface area contributed by atoms with Crippen LogP contribution in [0, 0.1) is 24.7 Å². The van der Waals surface area contributed by atoms with Crippen LogP contribution >= 0.6 is 0 Å². The maximum atomic E-state index is 12.6. The number of terminal acetylenes is 1. The van der Waals surface area contributed by atoms with Crippen LogP contribution in [-0.4, -0.2) is 62.8 Å². The number of amides is 1. The molecule has 1 atom stereocenters. The third-order valence-electron chi connectivity index (χ3n) is 5.90. The Balaban J connectivity index is 0.00000187. The van der Waals surface area contributed by atoms with Gasteiger partial charge in [0.2, 0.25) is 5.91 Å². The van der Waals surface area contributed by atoms with E-state index >= 15 is 0 Å². The van der Waals surface area contributed by atoms with Gasteiger partial charge in [-0.3, -0.25) is 9.79 Å². The Morgan fingerprint density at radius 2 is 2.09 bits per heavy atom. The Bertz CT molecular complexity index is 807. The predicted molar refractivity (Wildman–Crippen MR) is 135 cm³/mol. The van der Waals surface area contributed by atoms with E-state index < -0.39 is 0 Å². The maximum absolute atomic E-state index is 12.6. The molecule has 0 bridgehead atoms. The van der Waals surface area contributed by atoms with Gasteiger partial charge in [0.05, 0.1) is 12.5 Å². The zero-order chi connectivity index (χ0) is 23.9. The Morgan fingerprint density at radius 3 is 2.76 bits per heavy atom. The van der Waals surface area contributed by atoms with Crippen LogP contribution in [0.5, 0.6) is 0 Å². The van der Waals surface area contributed by atoms with E-state index in [-0.39, 0.29) is 18.4 Å². The minimum Gasteiger partial charge on any atom is -0.392 e. The van der Waals surface area contributed by atoms with Gasteiger partial charge in [-0.15, -0.1) is 12.8 Å². The molecule has 180 valence electrons. The maximum Gasteiger partial charge on any atom is 0.229 e. The molecule has 4 N–H and O–H groups in total. The summed E-state index contributed by atoms with van der Waals surface area (Å²) < 4.78 is 5.43. The van der Waals surface area contributed by atoms with Crippen LogP contribution in [0.15, 0.2) is 35.3 Å². The first-order valence-electron chi connectivity index (χ1n) is 11.8. The number of aliphatic hydroxyl groups excluding tert-OH is 1. The molecule has 0 saturated carbocycles. The summed E-state index contributed by atoms with van der Waals surface area (Å²) in [7, 11) is 0. The molecule has 3 rings (SSSR count). The smallest absolute Gasteiger partial charge is 0.229 e. The van der Waals surface area contributed by atoms with E-state index in [1.807, 2.05) is 31.2 Å². The molecule has 0 spiro atoms. The van der Waals surface area contributed by atoms with Crippen molar-refractivity contribution in [3.8, 4) is 12.8 Å². The van der Waals surface area contributed by atoms with Crippen LogP contribution in [0.4, 0.5) is 5.69 Å². The number of nitrogens with one attached hydrogen (secondary N) is 3. The number of amidine groups is 1. The minimum absolute atomic E-state index is 0.0141. The second kappa shape index (κ2) is 15.2. The van der Waals surface area contributed by atoms with E-state index in [9.17, 15) is 9.90 Å². The van der Waals surface area contributed by atoms with Crippen molar-refractivity contribution in [2.45, 2.75) is 32.6 Å². The normalized spacial score (nSPS) is 19.8. The minimum atomic E-state index is -0.132. The summed E-state index contributed by atoms with van der Waals surface area (Å²) in [5, 5.41) is 19.8. The van der Waals surface area contributed by atoms with Crippen LogP contribution in [0.25, 0.3) is 5.57 Å². The number of nitrogens with zero attached hydrogens (tertiary/aromatic N) is 1. The fourth-order valence-electron chi connectivity index (χ4n) is 4.02. The fraction of sp³-hybridized carbons (Fsp3) is 0.538. The lowest BCUT2D eigenvalue weighted by Gasteiger charge is -2.23. The van der Waals surface area contributed by atoms with E-state index in [1.165, 1.54) is 0 Å². The number of carbonyl (C=O) groups is 1. The number of aliphatic imine (C=N–C) groups is 1. The third-order valence-corrected chi connectivity index (χ3v) is 5.90. The summed E-state index contributed by atoms with van der Waals surface area (Å²) in [6.07, 6.45) is 13.8. The molecule has 2 saturated heterocycles. The standard InChI is InChI=1S/C24H36N4O3.C2H2/c1-2-26-23(28-24(30)20-6-4-10-25-16-20)14-21(17-29)19-5-3-7-22(13-19)27-15-18-8-11-31-12-9-18;1-2/h3,5,7,13-14,18,20,25,27,29H,2,4,6,8-12,15-17H2,1H3,(H,26,28,30);1-2H/b21-14+;. The first-order chi connectivity index (χ1) is 16.2. The van der Waals surface area contributed by atoms with Gasteiger partial charge in [0.25, 0.3) is 0 Å². The van der Waals surface area contributed by atoms with Gasteiger partial charge in [-0.05, 0) is 74.4 Å². The van der Waals surface area contributed by atoms with Gasteiger partial charge in [-0.25, -0.2) is 0 Å². The van der Waals surface area contributed by atoms with Crippen molar-refractivity contribution in [3.05, 3.63) is 35.9 Å². The molecule has 1 aromatic rings. The summed E-state index contributed by atoms with van der Waals surface area (Å²) in [6.45, 7) is 6.61. The lowest BCUT2D eigenvalue weighted by Crippen LogP contribution is -2.42. The van der Waals surface area contributed by atoms with Gasteiger partial charge >= 0.3 is 0 Å². The summed E-state index contributed by atoms with van der Waals surface area (Å²) in [5.74, 6) is 1.07. The lowest BCUT2D eigenvalue weighted by atomic mass is 9.98. The van der Waals surface area contributed by atoms with Crippen molar-refractivity contribution >= 4 is 23.0 Å². The van der Waals surface area contributed by atoms with E-state index in [0.29, 0.717) is 24.8 Å². The first-order valence-corrected chi connectivity index (χ1v) is 11.8. The van der Waals surface area contributed by atoms with Crippen molar-refractivity contribution < 1.29 is 14.6 Å². The molecule has 2 aliphatic heterocycles. The van der Waals surface area contributed by atoms with Crippen LogP contribution in [0.1, 0.15) is 38.2 Å². The number of ether oxygens (including phenoxy) is 1. The van der Waals surface area contributed by atoms with Crippen LogP contribution < -0.4 is 16.0 Å². The molecule has 33 heavy (non-hydrogen) atoms. The number of hydrogen-bond donors (Lipinski definition) is 4. The van der Waals surface area contributed by atoms with Gasteiger partial charge in [0.15, 0.2) is 0 Å². The molecule has 1 unspecified atom stereocenters. The number of piperidine rings is 1. The highest BCUT2D eigenvalue weighted by Gasteiger charge is 2.21. The summed E-state index contributed by atoms with van der Waals surface area (Å²) >= 11 is 0. The SMILES string of the molecule is C#C.CCN=C(/C=C(\CO)c1cccc(NCC2CCOCC2)c1)NC(=O)C1CCCNC1. The molecule has 2 fully saturated rings. The van der Waals surface area contributed by atoms with Crippen LogP contribution in [0.3, 0.4) is 0 Å². The zero-order valence-electron chi connectivity index (χ0n) is 19.7. The lowest BCUT2D eigenvalue weighted by molar-refractivity contribution is -0.124. The average Bonchev–Trinajstić information content (AvgIpc) is 2.88. The average molecular weight is 455 g/mol. The van der Waals surface area contributed by atoms with E-state index in [1.54, 1.807) is 6.08 Å². The molecule has 2 aliphatic rings. The van der Waals surface area contributed by atoms with Gasteiger partial charge in [-0.1, -0.05) is 12.1 Å². The highest BCUT2D eigenvalue weighted by Crippen LogP contribution is 2.21. The van der Waals surface area contributed by atoms with Crippen LogP contribution in [0.2, 0.25) is 0 Å². The summed E-state index contributed by atoms with van der Waals surface area (Å²) in [4.78, 5) is 17.1. The molecule has 0 radical (unpaired) electrons. The van der Waals surface area contributed by atoms with Gasteiger partial charge in [0.1, 0.15) is 5.84 Å². The van der Waals surface area contributed by atoms with E-state index in [0.717, 1.165) is 68.8 Å². The number of hydrogen-bond acceptors (Lipinski definition) is 6. The van der Waals surface area contributed by atoms with Crippen molar-refractivity contribution in [1.29, 1.82) is 0 Å². The van der Waals surface area contributed by atoms with Crippen molar-refractivity contribution in [1.82, 2.24) is 10.6 Å². The molecular formula is C26H38N4O3. The number of aliphatic hydroxyl groups is 1. The monoisotopic (exact) mass is 454 g/mol. The highest BCUT2D eigenvalue weighted by atomic mass is 16.5. The second-order valence-corrected chi connectivity index (χ2v) is 8.24. The molecule has 1 aromatic carbocycles. The number of rotatable bonds is 8. The first kappa shape index (κ1) is 26.6. The number of anilines is 1. The second-order valence-electron chi connectivity index (χ2n) is 8.24. The van der Waals surface area contributed by atoms with Crippen molar-refractivity contribution in [3.63, 3.8) is 0 Å². The summed E-state index contributed by atoms with van der Waals surface area (Å²) in [5.41, 5.74) is 2.66. The Hall–Kier alpha value is -2.66. The predicted octanol–water partition coefficient (Wildman–Crippen LogP) is 2.68. The third kappa shape index (κ3) is 9.01. The van der Waals surface area contributed by atoms with E-state index in [2.05, 4.69) is 33.8 Å². The molecule has 1 amide bonds. The van der Waals surface area contributed by atoms with Gasteiger partial charge < -0.3 is 25.8 Å². The zero-order valence-corrected chi connectivity index (χ0v) is 19.7. The Kier molecular flexibility index (Phi) is 12.3. The van der Waals surface area contributed by atoms with Crippen molar-refractivity contribution in [2.24, 2.45) is 16.8 Å². The van der Waals surface area contributed by atoms with E-state index in [4.69, 9.17) is 4.74 Å². The van der Waals surface area contributed by atoms with Gasteiger partial charge in [-0.2, -0.15) is 0 Å². The van der Waals surface area contributed by atoms with Gasteiger partial charge in [0, 0.05) is 38.5 Å². The summed E-state index contributed by atoms with van der Waals surface area (Å²) in [6, 6.07) is 8.03. The van der Waals surface area contributed by atoms with Crippen molar-refractivity contribution in [2.75, 3.05) is 51.3 Å². The number of carbonyl (C=O) groups excluding carboxylic acids is 1. The number of benzene rings is 1. The Labute approximate surface area is 198 Å². The molecule has 0 aromatic heterocycles. The Morgan fingerprint density at radius 1 is 1.30 bits per heavy atom. The molecule has 7 nitrogen and oxygen atoms in total. The molecular weight excluding hydrogens is 416 g/mol. The largest absolute Gasteiger partial charge is 0.392 e. The molecule has 2 heterocycles. The topological polar surface area (TPSA) is 95.0 Å². The fourth-order valence-corrected chi connectivity index (χ4v) is 4.02. The molecule has 7 heteroatoms. The molecule has 0 aliphatic carbocycles. The van der Waals surface area contributed by atoms with Crippen LogP contribution in [-0.2, 0) is 9.53 Å². The quantitative estimate of drug-likeness (QED) is 0.275.